The van der Waals surface area contributed by atoms with Gasteiger partial charge in [0.15, 0.2) is 0 Å². The summed E-state index contributed by atoms with van der Waals surface area (Å²) in [5, 5.41) is 11.8. The van der Waals surface area contributed by atoms with E-state index < -0.39 is 11.5 Å². The summed E-state index contributed by atoms with van der Waals surface area (Å²) < 4.78 is 0. The fourth-order valence-corrected chi connectivity index (χ4v) is 3.87. The predicted octanol–water partition coefficient (Wildman–Crippen LogP) is 4.67. The van der Waals surface area contributed by atoms with Crippen LogP contribution in [0.4, 0.5) is 0 Å². The standard InChI is InChI=1S/C28H27NO4/c1-18-3-4-21(15-19(18)2)17-25(30)16-20-5-7-22(8-6-20)23-9-11-24(12-10-23)26(31)29-28(13-14-28)27(32)33/h3-12,15H,13-14,16-17H2,1-2H3,(H,29,31)(H,32,33). The molecule has 0 unspecified atom stereocenters. The minimum Gasteiger partial charge on any atom is -0.480 e. The van der Waals surface area contributed by atoms with Gasteiger partial charge in [0.05, 0.1) is 0 Å². The second kappa shape index (κ2) is 9.02. The lowest BCUT2D eigenvalue weighted by Crippen LogP contribution is -2.43. The monoisotopic (exact) mass is 441 g/mol. The van der Waals surface area contributed by atoms with Gasteiger partial charge in [-0.2, -0.15) is 0 Å². The number of aryl methyl sites for hydroxylation is 2. The van der Waals surface area contributed by atoms with Gasteiger partial charge in [-0.05, 0) is 72.2 Å². The van der Waals surface area contributed by atoms with E-state index in [1.807, 2.05) is 42.5 Å². The molecule has 0 heterocycles. The van der Waals surface area contributed by atoms with Crippen molar-refractivity contribution < 1.29 is 19.5 Å². The van der Waals surface area contributed by atoms with Crippen molar-refractivity contribution in [1.29, 1.82) is 0 Å². The highest BCUT2D eigenvalue weighted by molar-refractivity contribution is 5.99. The van der Waals surface area contributed by atoms with Crippen LogP contribution >= 0.6 is 0 Å². The molecule has 0 spiro atoms. The van der Waals surface area contributed by atoms with E-state index in [0.29, 0.717) is 31.2 Å². The molecule has 3 aromatic carbocycles. The Morgan fingerprint density at radius 3 is 1.88 bits per heavy atom. The van der Waals surface area contributed by atoms with Gasteiger partial charge < -0.3 is 10.4 Å². The van der Waals surface area contributed by atoms with Gasteiger partial charge in [0.2, 0.25) is 0 Å². The van der Waals surface area contributed by atoms with Crippen molar-refractivity contribution in [2.45, 2.75) is 45.1 Å². The van der Waals surface area contributed by atoms with Crippen LogP contribution in [0, 0.1) is 13.8 Å². The molecule has 1 amide bonds. The average molecular weight is 442 g/mol. The van der Waals surface area contributed by atoms with Gasteiger partial charge in [-0.15, -0.1) is 0 Å². The maximum absolute atomic E-state index is 12.5. The summed E-state index contributed by atoms with van der Waals surface area (Å²) in [6, 6.07) is 21.1. The maximum atomic E-state index is 12.5. The first-order valence-corrected chi connectivity index (χ1v) is 11.1. The van der Waals surface area contributed by atoms with Crippen LogP contribution < -0.4 is 5.32 Å². The summed E-state index contributed by atoms with van der Waals surface area (Å²) in [6.45, 7) is 4.12. The molecule has 5 nitrogen and oxygen atoms in total. The zero-order valence-electron chi connectivity index (χ0n) is 18.9. The summed E-state index contributed by atoms with van der Waals surface area (Å²) in [5.74, 6) is -1.18. The lowest BCUT2D eigenvalue weighted by Gasteiger charge is -2.12. The third kappa shape index (κ3) is 5.20. The molecule has 0 radical (unpaired) electrons. The number of ketones is 1. The van der Waals surface area contributed by atoms with Gasteiger partial charge in [0.1, 0.15) is 11.3 Å². The normalized spacial score (nSPS) is 13.9. The Morgan fingerprint density at radius 2 is 1.33 bits per heavy atom. The van der Waals surface area contributed by atoms with Gasteiger partial charge in [-0.3, -0.25) is 9.59 Å². The minimum atomic E-state index is -1.10. The number of amides is 1. The molecular weight excluding hydrogens is 414 g/mol. The molecule has 1 saturated carbocycles. The van der Waals surface area contributed by atoms with E-state index in [9.17, 15) is 19.5 Å². The summed E-state index contributed by atoms with van der Waals surface area (Å²) in [7, 11) is 0. The number of nitrogens with one attached hydrogen (secondary N) is 1. The third-order valence-electron chi connectivity index (χ3n) is 6.32. The Bertz CT molecular complexity index is 1210. The van der Waals surface area contributed by atoms with Crippen molar-refractivity contribution in [3.63, 3.8) is 0 Å². The van der Waals surface area contributed by atoms with E-state index in [-0.39, 0.29) is 11.7 Å². The molecular formula is C28H27NO4. The zero-order chi connectivity index (χ0) is 23.6. The Labute approximate surface area is 193 Å². The van der Waals surface area contributed by atoms with Crippen LogP contribution in [0.15, 0.2) is 66.7 Å². The van der Waals surface area contributed by atoms with Gasteiger partial charge in [0, 0.05) is 18.4 Å². The van der Waals surface area contributed by atoms with Crippen LogP contribution in [-0.4, -0.2) is 28.3 Å². The first-order valence-electron chi connectivity index (χ1n) is 11.1. The van der Waals surface area contributed by atoms with Gasteiger partial charge in [-0.1, -0.05) is 54.6 Å². The Balaban J connectivity index is 1.36. The molecule has 5 heteroatoms. The minimum absolute atomic E-state index is 0.177. The number of carboxylic acids is 1. The number of carbonyl (C=O) groups is 3. The van der Waals surface area contributed by atoms with Crippen molar-refractivity contribution in [1.82, 2.24) is 5.32 Å². The number of carbonyl (C=O) groups excluding carboxylic acids is 2. The van der Waals surface area contributed by atoms with Crippen molar-refractivity contribution in [3.8, 4) is 11.1 Å². The number of aliphatic carboxylic acids is 1. The summed E-state index contributed by atoms with van der Waals surface area (Å²) in [4.78, 5) is 36.1. The molecule has 1 aliphatic rings. The third-order valence-corrected chi connectivity index (χ3v) is 6.32. The van der Waals surface area contributed by atoms with E-state index in [1.165, 1.54) is 11.1 Å². The van der Waals surface area contributed by atoms with Crippen molar-refractivity contribution in [3.05, 3.63) is 94.5 Å². The van der Waals surface area contributed by atoms with Crippen molar-refractivity contribution in [2.75, 3.05) is 0 Å². The topological polar surface area (TPSA) is 83.5 Å². The smallest absolute Gasteiger partial charge is 0.329 e. The first kappa shape index (κ1) is 22.5. The highest BCUT2D eigenvalue weighted by Crippen LogP contribution is 2.35. The highest BCUT2D eigenvalue weighted by Gasteiger charge is 2.51. The van der Waals surface area contributed by atoms with E-state index in [2.05, 4.69) is 31.3 Å². The summed E-state index contributed by atoms with van der Waals surface area (Å²) >= 11 is 0. The second-order valence-corrected chi connectivity index (χ2v) is 8.93. The van der Waals surface area contributed by atoms with Crippen LogP contribution in [0.5, 0.6) is 0 Å². The number of Topliss-reactive ketones (excluding diaryl/α,β-unsaturated/α-hetero) is 1. The van der Waals surface area contributed by atoms with Crippen molar-refractivity contribution in [2.24, 2.45) is 0 Å². The fourth-order valence-electron chi connectivity index (χ4n) is 3.87. The van der Waals surface area contributed by atoms with Gasteiger partial charge >= 0.3 is 5.97 Å². The zero-order valence-corrected chi connectivity index (χ0v) is 18.9. The van der Waals surface area contributed by atoms with E-state index in [0.717, 1.165) is 22.3 Å². The Hall–Kier alpha value is -3.73. The second-order valence-electron chi connectivity index (χ2n) is 8.93. The van der Waals surface area contributed by atoms with E-state index >= 15 is 0 Å². The molecule has 4 rings (SSSR count). The van der Waals surface area contributed by atoms with Crippen LogP contribution in [0.2, 0.25) is 0 Å². The fraction of sp³-hybridized carbons (Fsp3) is 0.250. The van der Waals surface area contributed by atoms with Gasteiger partial charge in [0.25, 0.3) is 5.91 Å². The van der Waals surface area contributed by atoms with E-state index in [4.69, 9.17) is 0 Å². The number of hydrogen-bond donors (Lipinski definition) is 2. The highest BCUT2D eigenvalue weighted by atomic mass is 16.4. The van der Waals surface area contributed by atoms with Gasteiger partial charge in [-0.25, -0.2) is 4.79 Å². The number of benzene rings is 3. The molecule has 3 aromatic rings. The lowest BCUT2D eigenvalue weighted by molar-refractivity contribution is -0.140. The molecule has 2 N–H and O–H groups in total. The number of rotatable bonds is 8. The van der Waals surface area contributed by atoms with E-state index in [1.54, 1.807) is 12.1 Å². The first-order chi connectivity index (χ1) is 15.8. The van der Waals surface area contributed by atoms with Crippen LogP contribution in [-0.2, 0) is 22.4 Å². The number of carboxylic acid groups (broad SMARTS) is 1. The number of hydrogen-bond acceptors (Lipinski definition) is 3. The largest absolute Gasteiger partial charge is 0.480 e. The molecule has 1 fully saturated rings. The quantitative estimate of drug-likeness (QED) is 0.532. The Kier molecular flexibility index (Phi) is 6.14. The molecule has 33 heavy (non-hydrogen) atoms. The predicted molar refractivity (Wildman–Crippen MR) is 127 cm³/mol. The molecule has 168 valence electrons. The molecule has 0 aromatic heterocycles. The summed E-state index contributed by atoms with van der Waals surface area (Å²) in [6.07, 6.45) is 1.74. The SMILES string of the molecule is Cc1ccc(CC(=O)Cc2ccc(-c3ccc(C(=O)NC4(C(=O)O)CC4)cc3)cc2)cc1C. The van der Waals surface area contributed by atoms with Crippen LogP contribution in [0.3, 0.4) is 0 Å². The lowest BCUT2D eigenvalue weighted by atomic mass is 9.98. The van der Waals surface area contributed by atoms with Crippen LogP contribution in [0.25, 0.3) is 11.1 Å². The Morgan fingerprint density at radius 1 is 0.788 bits per heavy atom. The van der Waals surface area contributed by atoms with Crippen LogP contribution in [0.1, 0.15) is 45.5 Å². The summed E-state index contributed by atoms with van der Waals surface area (Å²) in [5.41, 5.74) is 5.69. The average Bonchev–Trinajstić information content (AvgIpc) is 3.58. The molecule has 0 saturated heterocycles. The van der Waals surface area contributed by atoms with Crippen molar-refractivity contribution >= 4 is 17.7 Å². The molecule has 0 bridgehead atoms. The maximum Gasteiger partial charge on any atom is 0.329 e. The molecule has 0 atom stereocenters. The molecule has 0 aliphatic heterocycles. The molecule has 1 aliphatic carbocycles.